The number of aromatic nitrogens is 3. The molecule has 2 aromatic heterocycles. The number of nitrogens with zero attached hydrogens (tertiary/aromatic N) is 2. The van der Waals surface area contributed by atoms with Crippen molar-refractivity contribution in [3.05, 3.63) is 68.6 Å². The maximum Gasteiger partial charge on any atom is 0.333 e. The largest absolute Gasteiger partial charge is 0.333 e. The van der Waals surface area contributed by atoms with Crippen molar-refractivity contribution in [1.29, 1.82) is 0 Å². The normalized spacial score (nSPS) is 10.8. The van der Waals surface area contributed by atoms with Gasteiger partial charge in [0.25, 0.3) is 5.56 Å². The monoisotopic (exact) mass is 273 g/mol. The predicted octanol–water partition coefficient (Wildman–Crippen LogP) is 1.73. The Morgan fingerprint density at radius 2 is 2.05 bits per heavy atom. The van der Waals surface area contributed by atoms with Gasteiger partial charge in [0.1, 0.15) is 0 Å². The number of aromatic amines is 1. The molecule has 0 saturated carbocycles. The molecule has 0 amide bonds. The highest BCUT2D eigenvalue weighted by molar-refractivity contribution is 6.31. The number of nitrogens with one attached hydrogen (secondary N) is 1. The number of rotatable bonds is 1. The van der Waals surface area contributed by atoms with E-state index in [1.54, 1.807) is 30.5 Å². The first-order valence-electron chi connectivity index (χ1n) is 5.52. The van der Waals surface area contributed by atoms with Crippen LogP contribution < -0.4 is 11.2 Å². The molecule has 0 aliphatic carbocycles. The maximum absolute atomic E-state index is 12.4. The molecule has 2 heterocycles. The number of fused-ring (bicyclic) bond motifs is 1. The molecule has 3 rings (SSSR count). The van der Waals surface area contributed by atoms with Crippen LogP contribution in [0.1, 0.15) is 0 Å². The number of hydrogen-bond acceptors (Lipinski definition) is 3. The Balaban J connectivity index is 2.44. The van der Waals surface area contributed by atoms with E-state index in [4.69, 9.17) is 11.6 Å². The van der Waals surface area contributed by atoms with Crippen LogP contribution in [0.4, 0.5) is 0 Å². The lowest BCUT2D eigenvalue weighted by Gasteiger charge is -2.05. The zero-order valence-corrected chi connectivity index (χ0v) is 10.4. The summed E-state index contributed by atoms with van der Waals surface area (Å²) in [6.07, 6.45) is 3.02. The van der Waals surface area contributed by atoms with Crippen molar-refractivity contribution < 1.29 is 0 Å². The van der Waals surface area contributed by atoms with E-state index in [1.165, 1.54) is 12.3 Å². The highest BCUT2D eigenvalue weighted by Crippen LogP contribution is 2.13. The molecular weight excluding hydrogens is 266 g/mol. The quantitative estimate of drug-likeness (QED) is 0.734. The number of hydrogen-bond donors (Lipinski definition) is 1. The minimum Gasteiger partial charge on any atom is -0.306 e. The van der Waals surface area contributed by atoms with Crippen LogP contribution in [0.15, 0.2) is 52.3 Å². The molecule has 0 atom stereocenters. The second-order valence-electron chi connectivity index (χ2n) is 3.97. The molecule has 6 heteroatoms. The molecule has 0 bridgehead atoms. The maximum atomic E-state index is 12.4. The van der Waals surface area contributed by atoms with Gasteiger partial charge in [-0.3, -0.25) is 9.78 Å². The van der Waals surface area contributed by atoms with Crippen LogP contribution in [0.2, 0.25) is 5.02 Å². The van der Waals surface area contributed by atoms with Crippen molar-refractivity contribution in [2.45, 2.75) is 0 Å². The Labute approximate surface area is 112 Å². The number of halogens is 1. The molecule has 0 spiro atoms. The summed E-state index contributed by atoms with van der Waals surface area (Å²) >= 11 is 5.88. The molecule has 19 heavy (non-hydrogen) atoms. The third-order valence-corrected chi connectivity index (χ3v) is 3.00. The van der Waals surface area contributed by atoms with Crippen molar-refractivity contribution in [1.82, 2.24) is 14.5 Å². The van der Waals surface area contributed by atoms with Crippen LogP contribution in [-0.2, 0) is 0 Å². The van der Waals surface area contributed by atoms with Gasteiger partial charge in [0.05, 0.1) is 22.8 Å². The summed E-state index contributed by atoms with van der Waals surface area (Å²) in [7, 11) is 0. The summed E-state index contributed by atoms with van der Waals surface area (Å²) in [5, 5.41) is 0.797. The lowest BCUT2D eigenvalue weighted by Crippen LogP contribution is -2.33. The average Bonchev–Trinajstić information content (AvgIpc) is 2.41. The summed E-state index contributed by atoms with van der Waals surface area (Å²) in [6, 6.07) is 8.05. The van der Waals surface area contributed by atoms with Crippen LogP contribution in [0.25, 0.3) is 16.6 Å². The van der Waals surface area contributed by atoms with Crippen LogP contribution >= 0.6 is 11.6 Å². The standard InChI is InChI=1S/C13H8ClN3O2/c14-8-3-4-11-10(6-8)12(18)17(13(19)16-11)9-2-1-5-15-7-9/h1-7H,(H,16,19). The second kappa shape index (κ2) is 4.37. The Bertz CT molecular complexity index is 868. The smallest absolute Gasteiger partial charge is 0.306 e. The van der Waals surface area contributed by atoms with Gasteiger partial charge < -0.3 is 4.98 Å². The fraction of sp³-hybridized carbons (Fsp3) is 0. The van der Waals surface area contributed by atoms with Gasteiger partial charge in [-0.25, -0.2) is 9.36 Å². The fourth-order valence-corrected chi connectivity index (χ4v) is 2.08. The van der Waals surface area contributed by atoms with Crippen LogP contribution in [-0.4, -0.2) is 14.5 Å². The van der Waals surface area contributed by atoms with Crippen molar-refractivity contribution in [2.75, 3.05) is 0 Å². The van der Waals surface area contributed by atoms with E-state index in [-0.39, 0.29) is 0 Å². The van der Waals surface area contributed by atoms with Crippen molar-refractivity contribution in [2.24, 2.45) is 0 Å². The Morgan fingerprint density at radius 1 is 1.21 bits per heavy atom. The van der Waals surface area contributed by atoms with Gasteiger partial charge in [0, 0.05) is 11.2 Å². The molecule has 0 aliphatic heterocycles. The third kappa shape index (κ3) is 1.94. The van der Waals surface area contributed by atoms with E-state index in [0.29, 0.717) is 21.6 Å². The Morgan fingerprint density at radius 3 is 2.79 bits per heavy atom. The second-order valence-corrected chi connectivity index (χ2v) is 4.41. The molecule has 94 valence electrons. The highest BCUT2D eigenvalue weighted by atomic mass is 35.5. The lowest BCUT2D eigenvalue weighted by molar-refractivity contribution is 0.894. The summed E-state index contributed by atoms with van der Waals surface area (Å²) in [5.74, 6) is 0. The fourth-order valence-electron chi connectivity index (χ4n) is 1.91. The van der Waals surface area contributed by atoms with Crippen molar-refractivity contribution in [3.8, 4) is 5.69 Å². The summed E-state index contributed by atoms with van der Waals surface area (Å²) in [6.45, 7) is 0. The summed E-state index contributed by atoms with van der Waals surface area (Å²) in [5.41, 5.74) is -0.0581. The topological polar surface area (TPSA) is 67.8 Å². The average molecular weight is 274 g/mol. The molecular formula is C13H8ClN3O2. The van der Waals surface area contributed by atoms with E-state index in [9.17, 15) is 9.59 Å². The van der Waals surface area contributed by atoms with Crippen LogP contribution in [0.3, 0.4) is 0 Å². The minimum absolute atomic E-state index is 0.357. The van der Waals surface area contributed by atoms with Gasteiger partial charge in [-0.15, -0.1) is 0 Å². The van der Waals surface area contributed by atoms with E-state index in [1.807, 2.05) is 0 Å². The molecule has 0 aliphatic rings. The first-order valence-corrected chi connectivity index (χ1v) is 5.89. The zero-order chi connectivity index (χ0) is 13.4. The number of benzene rings is 1. The summed E-state index contributed by atoms with van der Waals surface area (Å²) < 4.78 is 1.03. The van der Waals surface area contributed by atoms with E-state index < -0.39 is 11.2 Å². The lowest BCUT2D eigenvalue weighted by atomic mass is 10.2. The summed E-state index contributed by atoms with van der Waals surface area (Å²) in [4.78, 5) is 30.9. The van der Waals surface area contributed by atoms with Crippen LogP contribution in [0, 0.1) is 0 Å². The SMILES string of the molecule is O=c1[nH]c2ccc(Cl)cc2c(=O)n1-c1cccnc1. The van der Waals surface area contributed by atoms with Gasteiger partial charge in [-0.2, -0.15) is 0 Å². The van der Waals surface area contributed by atoms with Gasteiger partial charge in [0.2, 0.25) is 0 Å². The molecule has 5 nitrogen and oxygen atoms in total. The van der Waals surface area contributed by atoms with Gasteiger partial charge in [-0.1, -0.05) is 11.6 Å². The van der Waals surface area contributed by atoms with E-state index >= 15 is 0 Å². The number of pyridine rings is 1. The first-order chi connectivity index (χ1) is 9.16. The minimum atomic E-state index is -0.507. The zero-order valence-electron chi connectivity index (χ0n) is 9.63. The van der Waals surface area contributed by atoms with E-state index in [0.717, 1.165) is 4.57 Å². The Kier molecular flexibility index (Phi) is 2.68. The third-order valence-electron chi connectivity index (χ3n) is 2.76. The predicted molar refractivity (Wildman–Crippen MR) is 73.0 cm³/mol. The van der Waals surface area contributed by atoms with Crippen LogP contribution in [0.5, 0.6) is 0 Å². The highest BCUT2D eigenvalue weighted by Gasteiger charge is 2.09. The molecule has 0 radical (unpaired) electrons. The molecule has 1 N–H and O–H groups in total. The number of H-pyrrole nitrogens is 1. The van der Waals surface area contributed by atoms with E-state index in [2.05, 4.69) is 9.97 Å². The Hall–Kier alpha value is -2.40. The molecule has 0 saturated heterocycles. The first kappa shape index (κ1) is 11.7. The van der Waals surface area contributed by atoms with Crippen molar-refractivity contribution >= 4 is 22.5 Å². The molecule has 1 aromatic carbocycles. The van der Waals surface area contributed by atoms with Gasteiger partial charge in [-0.05, 0) is 30.3 Å². The molecule has 0 unspecified atom stereocenters. The van der Waals surface area contributed by atoms with Crippen molar-refractivity contribution in [3.63, 3.8) is 0 Å². The molecule has 0 fully saturated rings. The van der Waals surface area contributed by atoms with Gasteiger partial charge >= 0.3 is 5.69 Å². The molecule has 3 aromatic rings. The van der Waals surface area contributed by atoms with Gasteiger partial charge in [0.15, 0.2) is 0 Å².